The fourth-order valence-electron chi connectivity index (χ4n) is 4.66. The van der Waals surface area contributed by atoms with Crippen LogP contribution in [0.4, 0.5) is 0 Å². The van der Waals surface area contributed by atoms with Crippen LogP contribution in [0.25, 0.3) is 10.9 Å². The van der Waals surface area contributed by atoms with E-state index in [2.05, 4.69) is 48.0 Å². The lowest BCUT2D eigenvalue weighted by atomic mass is 9.87. The van der Waals surface area contributed by atoms with Crippen LogP contribution in [0.3, 0.4) is 0 Å². The van der Waals surface area contributed by atoms with E-state index in [-0.39, 0.29) is 0 Å². The lowest BCUT2D eigenvalue weighted by Crippen LogP contribution is -2.36. The Morgan fingerprint density at radius 1 is 1.27 bits per heavy atom. The van der Waals surface area contributed by atoms with Crippen LogP contribution in [0.5, 0.6) is 5.75 Å². The number of nitrogens with zero attached hydrogens (tertiary/aromatic N) is 1. The maximum absolute atomic E-state index is 12.1. The number of hydrogen-bond donors (Lipinski definition) is 2. The first kappa shape index (κ1) is 20.9. The van der Waals surface area contributed by atoms with Crippen molar-refractivity contribution in [1.29, 1.82) is 4.78 Å². The van der Waals surface area contributed by atoms with E-state index < -0.39 is 9.73 Å². The van der Waals surface area contributed by atoms with Crippen LogP contribution in [-0.2, 0) is 16.3 Å². The van der Waals surface area contributed by atoms with Crippen LogP contribution < -0.4 is 4.74 Å². The average molecular weight is 426 g/mol. The number of rotatable bonds is 5. The van der Waals surface area contributed by atoms with Gasteiger partial charge in [0.25, 0.3) is 0 Å². The van der Waals surface area contributed by atoms with E-state index in [1.807, 2.05) is 18.3 Å². The highest BCUT2D eigenvalue weighted by Crippen LogP contribution is 2.38. The lowest BCUT2D eigenvalue weighted by Gasteiger charge is -2.39. The van der Waals surface area contributed by atoms with Crippen molar-refractivity contribution in [2.24, 2.45) is 5.92 Å². The summed E-state index contributed by atoms with van der Waals surface area (Å²) in [6.07, 6.45) is 5.74. The Balaban J connectivity index is 1.70. The Morgan fingerprint density at radius 2 is 2.00 bits per heavy atom. The zero-order valence-corrected chi connectivity index (χ0v) is 19.0. The normalized spacial score (nSPS) is 22.1. The highest BCUT2D eigenvalue weighted by atomic mass is 32.2. The molecule has 0 aliphatic carbocycles. The van der Waals surface area contributed by atoms with Crippen molar-refractivity contribution < 1.29 is 8.95 Å². The van der Waals surface area contributed by atoms with E-state index >= 15 is 0 Å². The van der Waals surface area contributed by atoms with Crippen LogP contribution in [0.1, 0.15) is 42.5 Å². The van der Waals surface area contributed by atoms with Gasteiger partial charge in [-0.05, 0) is 67.6 Å². The van der Waals surface area contributed by atoms with Gasteiger partial charge in [-0.2, -0.15) is 0 Å². The molecule has 0 saturated carbocycles. The van der Waals surface area contributed by atoms with Gasteiger partial charge in [0.15, 0.2) is 0 Å². The monoisotopic (exact) mass is 425 g/mol. The summed E-state index contributed by atoms with van der Waals surface area (Å²) in [6, 6.07) is 12.4. The third kappa shape index (κ3) is 3.98. The molecule has 1 aliphatic heterocycles. The van der Waals surface area contributed by atoms with Crippen molar-refractivity contribution in [1.82, 2.24) is 9.88 Å². The lowest BCUT2D eigenvalue weighted by molar-refractivity contribution is 0.110. The number of fused-ring (bicyclic) bond motifs is 1. The number of piperidine rings is 1. The first-order chi connectivity index (χ1) is 14.3. The largest absolute Gasteiger partial charge is 0.496 e. The topological polar surface area (TPSA) is 69.2 Å². The summed E-state index contributed by atoms with van der Waals surface area (Å²) in [5.41, 5.74) is 4.81. The molecular formula is C24H31N3O2S. The second-order valence-corrected chi connectivity index (χ2v) is 10.8. The molecule has 0 amide bonds. The van der Waals surface area contributed by atoms with E-state index in [9.17, 15) is 4.21 Å². The molecule has 4 rings (SSSR count). The minimum Gasteiger partial charge on any atom is -0.496 e. The molecule has 2 N–H and O–H groups in total. The van der Waals surface area contributed by atoms with Crippen LogP contribution in [0.2, 0.25) is 0 Å². The van der Waals surface area contributed by atoms with Gasteiger partial charge >= 0.3 is 0 Å². The number of aryl methyl sites for hydroxylation is 1. The Hall–Kier alpha value is -2.31. The van der Waals surface area contributed by atoms with Crippen molar-refractivity contribution in [3.05, 3.63) is 59.3 Å². The standard InChI is InChI=1S/C24H31N3O2S/c1-16-10-12-27(22(13-16)18-5-7-19(8-6-18)30(4,25)28)15-21-20-9-11-26-24(20)17(2)14-23(21)29-3/h5-9,11,14,16,22,25-26H,10,12-13,15H2,1-4H3/t16-,22?,30-/m1/s1. The quantitative estimate of drug-likeness (QED) is 0.568. The number of aromatic amines is 1. The summed E-state index contributed by atoms with van der Waals surface area (Å²) in [6.45, 7) is 6.27. The van der Waals surface area contributed by atoms with Crippen LogP contribution in [-0.4, -0.2) is 34.0 Å². The molecule has 0 radical (unpaired) electrons. The molecule has 6 heteroatoms. The molecule has 1 fully saturated rings. The van der Waals surface area contributed by atoms with Gasteiger partial charge in [-0.15, -0.1) is 0 Å². The molecule has 2 aromatic carbocycles. The maximum atomic E-state index is 12.1. The van der Waals surface area contributed by atoms with E-state index in [0.717, 1.165) is 25.3 Å². The molecule has 2 heterocycles. The molecule has 3 atom stereocenters. The van der Waals surface area contributed by atoms with Crippen molar-refractivity contribution in [2.45, 2.75) is 44.2 Å². The summed E-state index contributed by atoms with van der Waals surface area (Å²) < 4.78 is 25.7. The van der Waals surface area contributed by atoms with E-state index in [0.29, 0.717) is 16.9 Å². The Labute approximate surface area is 179 Å². The van der Waals surface area contributed by atoms with E-state index in [1.165, 1.54) is 40.3 Å². The minimum absolute atomic E-state index is 0.293. The fraction of sp³-hybridized carbons (Fsp3) is 0.417. The first-order valence-electron chi connectivity index (χ1n) is 10.5. The summed E-state index contributed by atoms with van der Waals surface area (Å²) >= 11 is 0. The highest BCUT2D eigenvalue weighted by molar-refractivity contribution is 7.91. The zero-order chi connectivity index (χ0) is 21.5. The molecule has 1 aromatic heterocycles. The van der Waals surface area contributed by atoms with Gasteiger partial charge < -0.3 is 9.72 Å². The summed E-state index contributed by atoms with van der Waals surface area (Å²) in [5.74, 6) is 1.59. The number of aromatic nitrogens is 1. The third-order valence-electron chi connectivity index (χ3n) is 6.38. The van der Waals surface area contributed by atoms with Gasteiger partial charge in [0.1, 0.15) is 5.75 Å². The number of ether oxygens (including phenoxy) is 1. The Morgan fingerprint density at radius 3 is 2.67 bits per heavy atom. The van der Waals surface area contributed by atoms with E-state index in [1.54, 1.807) is 7.11 Å². The van der Waals surface area contributed by atoms with Gasteiger partial charge in [0, 0.05) is 46.4 Å². The molecule has 1 unspecified atom stereocenters. The number of methoxy groups -OCH3 is 1. The van der Waals surface area contributed by atoms with Gasteiger partial charge in [-0.3, -0.25) is 4.90 Å². The first-order valence-corrected chi connectivity index (χ1v) is 12.5. The summed E-state index contributed by atoms with van der Waals surface area (Å²) in [4.78, 5) is 6.50. The number of H-pyrrole nitrogens is 1. The maximum Gasteiger partial charge on any atom is 0.124 e. The van der Waals surface area contributed by atoms with Gasteiger partial charge in [0.05, 0.1) is 16.8 Å². The molecular weight excluding hydrogens is 394 g/mol. The number of hydrogen-bond acceptors (Lipinski definition) is 4. The smallest absolute Gasteiger partial charge is 0.124 e. The van der Waals surface area contributed by atoms with Crippen molar-refractivity contribution >= 4 is 20.6 Å². The van der Waals surface area contributed by atoms with Crippen molar-refractivity contribution in [3.63, 3.8) is 0 Å². The Kier molecular flexibility index (Phi) is 5.64. The molecule has 1 saturated heterocycles. The highest BCUT2D eigenvalue weighted by Gasteiger charge is 2.29. The molecule has 5 nitrogen and oxygen atoms in total. The number of benzene rings is 2. The molecule has 1 aliphatic rings. The molecule has 0 bridgehead atoms. The third-order valence-corrected chi connectivity index (χ3v) is 7.55. The van der Waals surface area contributed by atoms with E-state index in [4.69, 9.17) is 9.52 Å². The van der Waals surface area contributed by atoms with Crippen LogP contribution in [0, 0.1) is 17.6 Å². The van der Waals surface area contributed by atoms with Crippen molar-refractivity contribution in [3.8, 4) is 5.75 Å². The molecule has 160 valence electrons. The van der Waals surface area contributed by atoms with Gasteiger partial charge in [0.2, 0.25) is 0 Å². The molecule has 3 aromatic rings. The zero-order valence-electron chi connectivity index (χ0n) is 18.2. The second-order valence-electron chi connectivity index (χ2n) is 8.67. The Bertz CT molecular complexity index is 1150. The SMILES string of the molecule is COc1cc(C)c2[nH]ccc2c1CN1CC[C@@H](C)CC1c1ccc([S@](C)(=N)=O)cc1. The van der Waals surface area contributed by atoms with Crippen LogP contribution >= 0.6 is 0 Å². The predicted molar refractivity (Wildman–Crippen MR) is 123 cm³/mol. The van der Waals surface area contributed by atoms with Gasteiger partial charge in [-0.1, -0.05) is 19.1 Å². The van der Waals surface area contributed by atoms with Gasteiger partial charge in [-0.25, -0.2) is 8.99 Å². The minimum atomic E-state index is -2.69. The molecule has 0 spiro atoms. The predicted octanol–water partition coefficient (Wildman–Crippen LogP) is 5.49. The summed E-state index contributed by atoms with van der Waals surface area (Å²) in [5, 5.41) is 1.22. The second kappa shape index (κ2) is 8.08. The fourth-order valence-corrected chi connectivity index (χ4v) is 5.32. The van der Waals surface area contributed by atoms with Crippen LogP contribution in [0.15, 0.2) is 47.5 Å². The average Bonchev–Trinajstić information content (AvgIpc) is 3.21. The number of nitrogens with one attached hydrogen (secondary N) is 2. The molecule has 30 heavy (non-hydrogen) atoms. The van der Waals surface area contributed by atoms with Crippen molar-refractivity contribution in [2.75, 3.05) is 19.9 Å². The number of likely N-dealkylation sites (tertiary alicyclic amines) is 1. The summed E-state index contributed by atoms with van der Waals surface area (Å²) in [7, 11) is -0.943.